The summed E-state index contributed by atoms with van der Waals surface area (Å²) in [7, 11) is 0. The smallest absolute Gasteiger partial charge is 0.223 e. The second-order valence-corrected chi connectivity index (χ2v) is 7.25. The molecule has 1 saturated carbocycles. The SMILES string of the molecule is CCCCCNC(=O)C1CCC(C(=O)NCc2cccc(C)c2)CC1. The molecule has 2 rings (SSSR count). The van der Waals surface area contributed by atoms with Crippen molar-refractivity contribution in [1.29, 1.82) is 0 Å². The first-order valence-electron chi connectivity index (χ1n) is 9.71. The zero-order chi connectivity index (χ0) is 18.1. The lowest BCUT2D eigenvalue weighted by molar-refractivity contribution is -0.130. The number of unbranched alkanes of at least 4 members (excludes halogenated alkanes) is 2. The van der Waals surface area contributed by atoms with Gasteiger partial charge in [0.15, 0.2) is 0 Å². The molecular weight excluding hydrogens is 312 g/mol. The highest BCUT2D eigenvalue weighted by Gasteiger charge is 2.29. The number of rotatable bonds is 8. The standard InChI is InChI=1S/C21H32N2O2/c1-3-4-5-13-22-20(24)18-9-11-19(12-10-18)21(25)23-15-17-8-6-7-16(2)14-17/h6-8,14,18-19H,3-5,9-13,15H2,1-2H3,(H,22,24)(H,23,25). The third-order valence-corrected chi connectivity index (χ3v) is 5.10. The van der Waals surface area contributed by atoms with Crippen LogP contribution in [0, 0.1) is 18.8 Å². The molecule has 138 valence electrons. The number of amides is 2. The van der Waals surface area contributed by atoms with Crippen LogP contribution < -0.4 is 10.6 Å². The molecule has 25 heavy (non-hydrogen) atoms. The van der Waals surface area contributed by atoms with Crippen molar-refractivity contribution in [2.45, 2.75) is 65.3 Å². The Kier molecular flexibility index (Phi) is 7.96. The van der Waals surface area contributed by atoms with E-state index in [-0.39, 0.29) is 23.7 Å². The van der Waals surface area contributed by atoms with Gasteiger partial charge >= 0.3 is 0 Å². The number of carbonyl (C=O) groups is 2. The Bertz CT molecular complexity index is 563. The Hall–Kier alpha value is -1.84. The summed E-state index contributed by atoms with van der Waals surface area (Å²) in [5.74, 6) is 0.439. The van der Waals surface area contributed by atoms with Crippen molar-refractivity contribution >= 4 is 11.8 Å². The van der Waals surface area contributed by atoms with E-state index in [1.807, 2.05) is 12.1 Å². The van der Waals surface area contributed by atoms with Crippen LogP contribution in [-0.4, -0.2) is 18.4 Å². The van der Waals surface area contributed by atoms with Crippen molar-refractivity contribution in [3.8, 4) is 0 Å². The predicted octanol–water partition coefficient (Wildman–Crippen LogP) is 3.72. The molecule has 0 unspecified atom stereocenters. The van der Waals surface area contributed by atoms with Crippen LogP contribution in [0.4, 0.5) is 0 Å². The molecule has 0 heterocycles. The fourth-order valence-electron chi connectivity index (χ4n) is 3.50. The maximum absolute atomic E-state index is 12.4. The molecule has 2 amide bonds. The number of aryl methyl sites for hydroxylation is 1. The number of nitrogens with one attached hydrogen (secondary N) is 2. The molecule has 2 N–H and O–H groups in total. The van der Waals surface area contributed by atoms with Gasteiger partial charge in [0.25, 0.3) is 0 Å². The van der Waals surface area contributed by atoms with Crippen LogP contribution in [-0.2, 0) is 16.1 Å². The van der Waals surface area contributed by atoms with Gasteiger partial charge in [-0.2, -0.15) is 0 Å². The van der Waals surface area contributed by atoms with Gasteiger partial charge < -0.3 is 10.6 Å². The Morgan fingerprint density at radius 2 is 1.64 bits per heavy atom. The summed E-state index contributed by atoms with van der Waals surface area (Å²) in [4.78, 5) is 24.5. The molecule has 1 aromatic carbocycles. The topological polar surface area (TPSA) is 58.2 Å². The summed E-state index contributed by atoms with van der Waals surface area (Å²) < 4.78 is 0. The average Bonchev–Trinajstić information content (AvgIpc) is 2.63. The van der Waals surface area contributed by atoms with Gasteiger partial charge in [-0.25, -0.2) is 0 Å². The average molecular weight is 344 g/mol. The van der Waals surface area contributed by atoms with E-state index in [1.54, 1.807) is 0 Å². The van der Waals surface area contributed by atoms with E-state index in [2.05, 4.69) is 36.6 Å². The molecule has 0 atom stereocenters. The molecule has 4 nitrogen and oxygen atoms in total. The van der Waals surface area contributed by atoms with Crippen molar-refractivity contribution in [3.05, 3.63) is 35.4 Å². The van der Waals surface area contributed by atoms with E-state index >= 15 is 0 Å². The maximum atomic E-state index is 12.4. The first-order chi connectivity index (χ1) is 12.1. The summed E-state index contributed by atoms with van der Waals surface area (Å²) in [6.07, 6.45) is 6.65. The summed E-state index contributed by atoms with van der Waals surface area (Å²) >= 11 is 0. The lowest BCUT2D eigenvalue weighted by atomic mass is 9.81. The predicted molar refractivity (Wildman–Crippen MR) is 101 cm³/mol. The van der Waals surface area contributed by atoms with Crippen LogP contribution in [0.5, 0.6) is 0 Å². The highest BCUT2D eigenvalue weighted by Crippen LogP contribution is 2.29. The zero-order valence-electron chi connectivity index (χ0n) is 15.6. The molecule has 0 saturated heterocycles. The third kappa shape index (κ3) is 6.52. The van der Waals surface area contributed by atoms with Gasteiger partial charge in [-0.05, 0) is 44.6 Å². The molecule has 0 aliphatic heterocycles. The summed E-state index contributed by atoms with van der Waals surface area (Å²) in [6.45, 7) is 5.58. The maximum Gasteiger partial charge on any atom is 0.223 e. The van der Waals surface area contributed by atoms with Gasteiger partial charge in [-0.15, -0.1) is 0 Å². The largest absolute Gasteiger partial charge is 0.356 e. The van der Waals surface area contributed by atoms with E-state index in [9.17, 15) is 9.59 Å². The number of hydrogen-bond acceptors (Lipinski definition) is 2. The van der Waals surface area contributed by atoms with Crippen LogP contribution in [0.3, 0.4) is 0 Å². The number of carbonyl (C=O) groups excluding carboxylic acids is 2. The van der Waals surface area contributed by atoms with Gasteiger partial charge in [0, 0.05) is 24.9 Å². The first kappa shape index (κ1) is 19.5. The van der Waals surface area contributed by atoms with Crippen molar-refractivity contribution < 1.29 is 9.59 Å². The quantitative estimate of drug-likeness (QED) is 0.706. The highest BCUT2D eigenvalue weighted by molar-refractivity contribution is 5.81. The van der Waals surface area contributed by atoms with Crippen molar-refractivity contribution in [2.24, 2.45) is 11.8 Å². The minimum Gasteiger partial charge on any atom is -0.356 e. The monoisotopic (exact) mass is 344 g/mol. The second kappa shape index (κ2) is 10.2. The Labute approximate surface area is 151 Å². The lowest BCUT2D eigenvalue weighted by Gasteiger charge is -2.27. The number of hydrogen-bond donors (Lipinski definition) is 2. The van der Waals surface area contributed by atoms with Crippen LogP contribution in [0.25, 0.3) is 0 Å². The molecule has 1 aromatic rings. The molecule has 0 aromatic heterocycles. The van der Waals surface area contributed by atoms with Gasteiger partial charge in [0.2, 0.25) is 11.8 Å². The van der Waals surface area contributed by atoms with E-state index in [0.717, 1.165) is 50.6 Å². The van der Waals surface area contributed by atoms with Crippen LogP contribution >= 0.6 is 0 Å². The molecule has 1 aliphatic carbocycles. The second-order valence-electron chi connectivity index (χ2n) is 7.25. The van der Waals surface area contributed by atoms with E-state index < -0.39 is 0 Å². The third-order valence-electron chi connectivity index (χ3n) is 5.10. The van der Waals surface area contributed by atoms with Crippen LogP contribution in [0.1, 0.15) is 63.0 Å². The molecule has 1 aliphatic rings. The fraction of sp³-hybridized carbons (Fsp3) is 0.619. The van der Waals surface area contributed by atoms with Crippen molar-refractivity contribution in [2.75, 3.05) is 6.54 Å². The van der Waals surface area contributed by atoms with Gasteiger partial charge in [-0.1, -0.05) is 49.6 Å². The van der Waals surface area contributed by atoms with E-state index in [0.29, 0.717) is 6.54 Å². The fourth-order valence-corrected chi connectivity index (χ4v) is 3.50. The molecular formula is C21H32N2O2. The van der Waals surface area contributed by atoms with Gasteiger partial charge in [0.1, 0.15) is 0 Å². The minimum atomic E-state index is 0.0500. The van der Waals surface area contributed by atoms with Crippen LogP contribution in [0.2, 0.25) is 0 Å². The summed E-state index contributed by atoms with van der Waals surface area (Å²) in [5, 5.41) is 6.09. The van der Waals surface area contributed by atoms with E-state index in [4.69, 9.17) is 0 Å². The molecule has 1 fully saturated rings. The molecule has 4 heteroatoms. The lowest BCUT2D eigenvalue weighted by Crippen LogP contribution is -2.37. The normalized spacial score (nSPS) is 20.1. The van der Waals surface area contributed by atoms with Crippen molar-refractivity contribution in [1.82, 2.24) is 10.6 Å². The Morgan fingerprint density at radius 3 is 2.24 bits per heavy atom. The Morgan fingerprint density at radius 1 is 1.00 bits per heavy atom. The summed E-state index contributed by atoms with van der Waals surface area (Å²) in [6, 6.07) is 8.20. The summed E-state index contributed by atoms with van der Waals surface area (Å²) in [5.41, 5.74) is 2.34. The van der Waals surface area contributed by atoms with Crippen molar-refractivity contribution in [3.63, 3.8) is 0 Å². The molecule has 0 spiro atoms. The molecule has 0 radical (unpaired) electrons. The van der Waals surface area contributed by atoms with Crippen LogP contribution in [0.15, 0.2) is 24.3 Å². The van der Waals surface area contributed by atoms with Gasteiger partial charge in [-0.3, -0.25) is 9.59 Å². The number of benzene rings is 1. The Balaban J connectivity index is 1.68. The van der Waals surface area contributed by atoms with E-state index in [1.165, 1.54) is 12.0 Å². The minimum absolute atomic E-state index is 0.0500. The zero-order valence-corrected chi connectivity index (χ0v) is 15.6. The van der Waals surface area contributed by atoms with Gasteiger partial charge in [0.05, 0.1) is 0 Å². The highest BCUT2D eigenvalue weighted by atomic mass is 16.2. The first-order valence-corrected chi connectivity index (χ1v) is 9.71. The molecule has 0 bridgehead atoms.